The minimum Gasteiger partial charge on any atom is -0.350 e. The van der Waals surface area contributed by atoms with E-state index in [0.29, 0.717) is 0 Å². The van der Waals surface area contributed by atoms with Crippen LogP contribution in [-0.4, -0.2) is 6.04 Å². The normalized spacial score (nSPS) is 26.5. The Morgan fingerprint density at radius 1 is 0.947 bits per heavy atom. The number of halogens is 1. The molecule has 1 saturated heterocycles. The molecule has 0 saturated carbocycles. The molecular formula is C16H16FNO. The third-order valence-electron chi connectivity index (χ3n) is 3.45. The Balaban J connectivity index is 1.80. The highest BCUT2D eigenvalue weighted by Crippen LogP contribution is 2.34. The lowest BCUT2D eigenvalue weighted by Gasteiger charge is -2.14. The fourth-order valence-corrected chi connectivity index (χ4v) is 2.45. The molecule has 0 radical (unpaired) electrons. The Labute approximate surface area is 112 Å². The van der Waals surface area contributed by atoms with Crippen molar-refractivity contribution in [3.8, 4) is 0 Å². The Hall–Kier alpha value is -1.71. The summed E-state index contributed by atoms with van der Waals surface area (Å²) in [4.78, 5) is 0. The zero-order valence-electron chi connectivity index (χ0n) is 10.7. The molecule has 2 aromatic carbocycles. The number of ether oxygens (including phenoxy) is 1. The molecule has 0 bridgehead atoms. The first kappa shape index (κ1) is 12.3. The zero-order chi connectivity index (χ0) is 13.2. The van der Waals surface area contributed by atoms with Crippen molar-refractivity contribution in [1.82, 2.24) is 5.32 Å². The molecule has 3 atom stereocenters. The summed E-state index contributed by atoms with van der Waals surface area (Å²) in [6.45, 7) is 2.10. The zero-order valence-corrected chi connectivity index (χ0v) is 10.7. The Kier molecular flexibility index (Phi) is 3.32. The third-order valence-corrected chi connectivity index (χ3v) is 3.45. The van der Waals surface area contributed by atoms with Crippen LogP contribution in [0.25, 0.3) is 0 Å². The summed E-state index contributed by atoms with van der Waals surface area (Å²) in [5.41, 5.74) is 2.11. The van der Waals surface area contributed by atoms with Gasteiger partial charge in [-0.05, 0) is 30.2 Å². The Bertz CT molecular complexity index is 540. The van der Waals surface area contributed by atoms with Crippen LogP contribution in [0, 0.1) is 5.82 Å². The van der Waals surface area contributed by atoms with Gasteiger partial charge in [0.1, 0.15) is 18.1 Å². The first-order valence-corrected chi connectivity index (χ1v) is 6.46. The lowest BCUT2D eigenvalue weighted by atomic mass is 10.0. The molecule has 2 aromatic rings. The standard InChI is InChI=1S/C16H16FNO/c1-11-15(12-5-3-2-4-6-12)19-16(18-11)13-7-9-14(17)10-8-13/h2-11,15-16,18H,1H3/t11-,15-,16+/m0/s1. The van der Waals surface area contributed by atoms with Gasteiger partial charge in [-0.2, -0.15) is 0 Å². The molecule has 98 valence electrons. The molecule has 1 N–H and O–H groups in total. The Morgan fingerprint density at radius 2 is 1.63 bits per heavy atom. The molecule has 19 heavy (non-hydrogen) atoms. The first-order chi connectivity index (χ1) is 9.24. The second kappa shape index (κ2) is 5.11. The van der Waals surface area contributed by atoms with E-state index in [-0.39, 0.29) is 24.2 Å². The van der Waals surface area contributed by atoms with Crippen molar-refractivity contribution in [3.05, 3.63) is 71.5 Å². The third kappa shape index (κ3) is 2.53. The van der Waals surface area contributed by atoms with Crippen LogP contribution in [0.15, 0.2) is 54.6 Å². The second-order valence-corrected chi connectivity index (χ2v) is 4.85. The van der Waals surface area contributed by atoms with Gasteiger partial charge in [0.15, 0.2) is 0 Å². The van der Waals surface area contributed by atoms with Crippen LogP contribution in [0.4, 0.5) is 4.39 Å². The Morgan fingerprint density at radius 3 is 2.32 bits per heavy atom. The average molecular weight is 257 g/mol. The van der Waals surface area contributed by atoms with Crippen molar-refractivity contribution in [2.24, 2.45) is 0 Å². The molecule has 0 aromatic heterocycles. The smallest absolute Gasteiger partial charge is 0.135 e. The fourth-order valence-electron chi connectivity index (χ4n) is 2.45. The molecule has 3 rings (SSSR count). The van der Waals surface area contributed by atoms with Crippen LogP contribution in [0.1, 0.15) is 30.4 Å². The summed E-state index contributed by atoms with van der Waals surface area (Å²) in [6, 6.07) is 16.8. The van der Waals surface area contributed by atoms with Gasteiger partial charge in [-0.3, -0.25) is 5.32 Å². The number of benzene rings is 2. The number of hydrogen-bond donors (Lipinski definition) is 1. The average Bonchev–Trinajstić information content (AvgIpc) is 2.83. The van der Waals surface area contributed by atoms with Crippen molar-refractivity contribution in [2.45, 2.75) is 25.3 Å². The van der Waals surface area contributed by atoms with Crippen molar-refractivity contribution in [3.63, 3.8) is 0 Å². The summed E-state index contributed by atoms with van der Waals surface area (Å²) in [6.07, 6.45) is -0.156. The van der Waals surface area contributed by atoms with Crippen molar-refractivity contribution in [1.29, 1.82) is 0 Å². The topological polar surface area (TPSA) is 21.3 Å². The maximum atomic E-state index is 12.9. The van der Waals surface area contributed by atoms with E-state index in [1.807, 2.05) is 18.2 Å². The maximum absolute atomic E-state index is 12.9. The summed E-state index contributed by atoms with van der Waals surface area (Å²) in [5, 5.41) is 3.39. The number of rotatable bonds is 2. The van der Waals surface area contributed by atoms with Gasteiger partial charge in [0.05, 0.1) is 0 Å². The molecule has 0 amide bonds. The minimum atomic E-state index is -0.227. The van der Waals surface area contributed by atoms with Crippen molar-refractivity contribution in [2.75, 3.05) is 0 Å². The molecule has 1 fully saturated rings. The van der Waals surface area contributed by atoms with Gasteiger partial charge in [0.25, 0.3) is 0 Å². The fraction of sp³-hybridized carbons (Fsp3) is 0.250. The van der Waals surface area contributed by atoms with Crippen molar-refractivity contribution < 1.29 is 9.13 Å². The van der Waals surface area contributed by atoms with Crippen LogP contribution < -0.4 is 5.32 Å². The number of hydrogen-bond acceptors (Lipinski definition) is 2. The van der Waals surface area contributed by atoms with Crippen LogP contribution in [-0.2, 0) is 4.74 Å². The van der Waals surface area contributed by atoms with Gasteiger partial charge in [0.2, 0.25) is 0 Å². The molecule has 0 spiro atoms. The van der Waals surface area contributed by atoms with Gasteiger partial charge in [-0.25, -0.2) is 4.39 Å². The van der Waals surface area contributed by atoms with Crippen LogP contribution in [0.2, 0.25) is 0 Å². The summed E-state index contributed by atoms with van der Waals surface area (Å²) in [5.74, 6) is -0.227. The van der Waals surface area contributed by atoms with E-state index in [1.54, 1.807) is 12.1 Å². The van der Waals surface area contributed by atoms with Gasteiger partial charge >= 0.3 is 0 Å². The van der Waals surface area contributed by atoms with E-state index in [4.69, 9.17) is 4.74 Å². The van der Waals surface area contributed by atoms with Crippen molar-refractivity contribution >= 4 is 0 Å². The quantitative estimate of drug-likeness (QED) is 0.888. The summed E-state index contributed by atoms with van der Waals surface area (Å²) < 4.78 is 19.0. The van der Waals surface area contributed by atoms with E-state index >= 15 is 0 Å². The predicted molar refractivity (Wildman–Crippen MR) is 72.0 cm³/mol. The highest BCUT2D eigenvalue weighted by atomic mass is 19.1. The monoisotopic (exact) mass is 257 g/mol. The van der Waals surface area contributed by atoms with Gasteiger partial charge < -0.3 is 4.74 Å². The summed E-state index contributed by atoms with van der Waals surface area (Å²) in [7, 11) is 0. The maximum Gasteiger partial charge on any atom is 0.135 e. The van der Waals surface area contributed by atoms with Crippen LogP contribution >= 0.6 is 0 Å². The van der Waals surface area contributed by atoms with Crippen LogP contribution in [0.5, 0.6) is 0 Å². The molecule has 0 aliphatic carbocycles. The first-order valence-electron chi connectivity index (χ1n) is 6.46. The lowest BCUT2D eigenvalue weighted by Crippen LogP contribution is -2.23. The second-order valence-electron chi connectivity index (χ2n) is 4.85. The molecule has 0 unspecified atom stereocenters. The predicted octanol–water partition coefficient (Wildman–Crippen LogP) is 3.57. The minimum absolute atomic E-state index is 0.0243. The van der Waals surface area contributed by atoms with E-state index < -0.39 is 0 Å². The lowest BCUT2D eigenvalue weighted by molar-refractivity contribution is 0.0363. The molecule has 1 aliphatic rings. The highest BCUT2D eigenvalue weighted by Gasteiger charge is 2.33. The number of nitrogens with one attached hydrogen (secondary N) is 1. The van der Waals surface area contributed by atoms with E-state index in [1.165, 1.54) is 12.1 Å². The highest BCUT2D eigenvalue weighted by molar-refractivity contribution is 5.23. The van der Waals surface area contributed by atoms with E-state index in [9.17, 15) is 4.39 Å². The largest absolute Gasteiger partial charge is 0.350 e. The molecule has 2 nitrogen and oxygen atoms in total. The van der Waals surface area contributed by atoms with Gasteiger partial charge in [-0.15, -0.1) is 0 Å². The van der Waals surface area contributed by atoms with Gasteiger partial charge in [0, 0.05) is 6.04 Å². The molecule has 3 heteroatoms. The molecular weight excluding hydrogens is 241 g/mol. The molecule has 1 heterocycles. The van der Waals surface area contributed by atoms with Gasteiger partial charge in [-0.1, -0.05) is 42.5 Å². The van der Waals surface area contributed by atoms with Crippen LogP contribution in [0.3, 0.4) is 0 Å². The SMILES string of the molecule is C[C@@H]1N[C@@H](c2ccc(F)cc2)O[C@@H]1c1ccccc1. The summed E-state index contributed by atoms with van der Waals surface area (Å²) >= 11 is 0. The molecule has 1 aliphatic heterocycles. The van der Waals surface area contributed by atoms with E-state index in [2.05, 4.69) is 24.4 Å². The van der Waals surface area contributed by atoms with E-state index in [0.717, 1.165) is 11.1 Å².